The molecule has 4 nitrogen and oxygen atoms in total. The van der Waals surface area contributed by atoms with Gasteiger partial charge in [0.1, 0.15) is 17.7 Å². The molecule has 0 aliphatic rings. The van der Waals surface area contributed by atoms with Crippen LogP contribution in [0.25, 0.3) is 0 Å². The van der Waals surface area contributed by atoms with E-state index in [0.29, 0.717) is 12.2 Å². The molecule has 0 N–H and O–H groups in total. The van der Waals surface area contributed by atoms with E-state index in [9.17, 15) is 4.79 Å². The van der Waals surface area contributed by atoms with Gasteiger partial charge in [-0.25, -0.2) is 0 Å². The third-order valence-corrected chi connectivity index (χ3v) is 1.88. The first-order chi connectivity index (χ1) is 7.06. The lowest BCUT2D eigenvalue weighted by Crippen LogP contribution is -2.09. The van der Waals surface area contributed by atoms with Crippen molar-refractivity contribution in [3.63, 3.8) is 0 Å². The van der Waals surface area contributed by atoms with Crippen molar-refractivity contribution < 1.29 is 9.53 Å². The highest BCUT2D eigenvalue weighted by Crippen LogP contribution is 2.18. The van der Waals surface area contributed by atoms with Crippen LogP contribution in [-0.4, -0.2) is 12.6 Å². The van der Waals surface area contributed by atoms with Gasteiger partial charge in [0.2, 0.25) is 0 Å². The first kappa shape index (κ1) is 13.2. The number of ether oxygens (including phenoxy) is 1. The molecular formula is C11H14N2O2. The first-order valence-corrected chi connectivity index (χ1v) is 4.75. The van der Waals surface area contributed by atoms with Crippen LogP contribution in [0, 0.1) is 28.6 Å². The highest BCUT2D eigenvalue weighted by molar-refractivity contribution is 5.73. The summed E-state index contributed by atoms with van der Waals surface area (Å²) in [6, 6.07) is 3.58. The second-order valence-electron chi connectivity index (χ2n) is 3.26. The number of carbonyl (C=O) groups is 1. The van der Waals surface area contributed by atoms with Crippen molar-refractivity contribution in [3.05, 3.63) is 11.1 Å². The second kappa shape index (κ2) is 6.62. The Morgan fingerprint density at radius 2 is 1.87 bits per heavy atom. The smallest absolute Gasteiger partial charge is 0.309 e. The Morgan fingerprint density at radius 1 is 1.33 bits per heavy atom. The first-order valence-electron chi connectivity index (χ1n) is 4.75. The summed E-state index contributed by atoms with van der Waals surface area (Å²) >= 11 is 0. The van der Waals surface area contributed by atoms with E-state index in [0.717, 1.165) is 0 Å². The molecule has 0 aliphatic carbocycles. The molecule has 0 unspecified atom stereocenters. The maximum atomic E-state index is 11.2. The highest BCUT2D eigenvalue weighted by Gasteiger charge is 2.15. The Balaban J connectivity index is 4.88. The van der Waals surface area contributed by atoms with Gasteiger partial charge in [0.25, 0.3) is 0 Å². The highest BCUT2D eigenvalue weighted by atomic mass is 16.5. The van der Waals surface area contributed by atoms with Crippen molar-refractivity contribution in [1.29, 1.82) is 10.5 Å². The van der Waals surface area contributed by atoms with Crippen LogP contribution in [0.2, 0.25) is 0 Å². The van der Waals surface area contributed by atoms with Crippen LogP contribution in [-0.2, 0) is 9.53 Å². The van der Waals surface area contributed by atoms with Gasteiger partial charge in [-0.3, -0.25) is 4.79 Å². The van der Waals surface area contributed by atoms with E-state index >= 15 is 0 Å². The maximum Gasteiger partial charge on any atom is 0.309 e. The van der Waals surface area contributed by atoms with Gasteiger partial charge in [-0.2, -0.15) is 10.5 Å². The molecule has 0 bridgehead atoms. The molecule has 0 saturated carbocycles. The summed E-state index contributed by atoms with van der Waals surface area (Å²) < 4.78 is 4.77. The zero-order valence-electron chi connectivity index (χ0n) is 9.20. The van der Waals surface area contributed by atoms with Gasteiger partial charge in [0.05, 0.1) is 13.0 Å². The number of esters is 1. The van der Waals surface area contributed by atoms with Crippen LogP contribution in [0.1, 0.15) is 27.2 Å². The minimum Gasteiger partial charge on any atom is -0.466 e. The van der Waals surface area contributed by atoms with E-state index in [4.69, 9.17) is 15.3 Å². The summed E-state index contributed by atoms with van der Waals surface area (Å²) in [5.41, 5.74) is 0.552. The van der Waals surface area contributed by atoms with Crippen molar-refractivity contribution in [2.24, 2.45) is 5.92 Å². The lowest BCUT2D eigenvalue weighted by molar-refractivity contribution is -0.142. The van der Waals surface area contributed by atoms with Crippen molar-refractivity contribution in [2.45, 2.75) is 27.2 Å². The van der Waals surface area contributed by atoms with Crippen LogP contribution in [0.3, 0.4) is 0 Å². The fourth-order valence-corrected chi connectivity index (χ4v) is 1.12. The van der Waals surface area contributed by atoms with Gasteiger partial charge in [-0.1, -0.05) is 13.8 Å². The zero-order valence-corrected chi connectivity index (χ0v) is 9.20. The summed E-state index contributed by atoms with van der Waals surface area (Å²) in [7, 11) is 0. The van der Waals surface area contributed by atoms with Gasteiger partial charge in [-0.15, -0.1) is 0 Å². The topological polar surface area (TPSA) is 73.9 Å². The van der Waals surface area contributed by atoms with E-state index in [2.05, 4.69) is 0 Å². The summed E-state index contributed by atoms with van der Waals surface area (Å²) in [5.74, 6) is -0.409. The molecule has 0 heterocycles. The van der Waals surface area contributed by atoms with E-state index < -0.39 is 5.97 Å². The largest absolute Gasteiger partial charge is 0.466 e. The van der Waals surface area contributed by atoms with Crippen molar-refractivity contribution in [2.75, 3.05) is 6.61 Å². The van der Waals surface area contributed by atoms with E-state index in [1.54, 1.807) is 19.1 Å². The van der Waals surface area contributed by atoms with E-state index in [-0.39, 0.29) is 17.9 Å². The van der Waals surface area contributed by atoms with Crippen molar-refractivity contribution >= 4 is 5.97 Å². The van der Waals surface area contributed by atoms with Gasteiger partial charge < -0.3 is 4.74 Å². The standard InChI is InChI=1S/C11H14N2O2/c1-4-15-11(14)5-10(8(2)3)9(6-12)7-13/h8H,4-5H2,1-3H3. The van der Waals surface area contributed by atoms with Crippen LogP contribution < -0.4 is 0 Å². The summed E-state index contributed by atoms with van der Waals surface area (Å²) in [4.78, 5) is 11.2. The number of nitriles is 2. The molecule has 0 saturated heterocycles. The Hall–Kier alpha value is -1.81. The summed E-state index contributed by atoms with van der Waals surface area (Å²) in [5, 5.41) is 17.4. The number of rotatable bonds is 4. The zero-order chi connectivity index (χ0) is 11.8. The van der Waals surface area contributed by atoms with Crippen LogP contribution in [0.15, 0.2) is 11.1 Å². The average Bonchev–Trinajstić information content (AvgIpc) is 2.18. The van der Waals surface area contributed by atoms with Crippen LogP contribution in [0.4, 0.5) is 0 Å². The lowest BCUT2D eigenvalue weighted by Gasteiger charge is -2.10. The molecule has 0 atom stereocenters. The van der Waals surface area contributed by atoms with Gasteiger partial charge in [0.15, 0.2) is 0 Å². The van der Waals surface area contributed by atoms with Gasteiger partial charge >= 0.3 is 5.97 Å². The Bertz CT molecular complexity index is 327. The van der Waals surface area contributed by atoms with E-state index in [1.807, 2.05) is 13.8 Å². The Labute approximate surface area is 89.8 Å². The Kier molecular flexibility index (Phi) is 5.82. The third kappa shape index (κ3) is 4.28. The summed E-state index contributed by atoms with van der Waals surface area (Å²) in [6.07, 6.45) is 0.0158. The minimum atomic E-state index is -0.399. The predicted octanol–water partition coefficient (Wildman–Crippen LogP) is 1.94. The minimum absolute atomic E-state index is 0.0105. The van der Waals surface area contributed by atoms with Crippen LogP contribution in [0.5, 0.6) is 0 Å². The molecule has 0 aromatic carbocycles. The number of allylic oxidation sites excluding steroid dienone is 1. The lowest BCUT2D eigenvalue weighted by atomic mass is 9.95. The predicted molar refractivity (Wildman–Crippen MR) is 54.3 cm³/mol. The second-order valence-corrected chi connectivity index (χ2v) is 3.26. The molecule has 4 heteroatoms. The summed E-state index contributed by atoms with van der Waals surface area (Å²) in [6.45, 7) is 5.69. The molecule has 0 aromatic heterocycles. The number of hydrogen-bond acceptors (Lipinski definition) is 4. The molecule has 0 aromatic rings. The molecule has 0 radical (unpaired) electrons. The van der Waals surface area contributed by atoms with Crippen molar-refractivity contribution in [1.82, 2.24) is 0 Å². The van der Waals surface area contributed by atoms with Crippen molar-refractivity contribution in [3.8, 4) is 12.1 Å². The molecule has 15 heavy (non-hydrogen) atoms. The normalized spacial score (nSPS) is 8.93. The average molecular weight is 206 g/mol. The molecule has 0 fully saturated rings. The molecule has 0 rings (SSSR count). The molecule has 80 valence electrons. The SMILES string of the molecule is CCOC(=O)CC(=C(C#N)C#N)C(C)C. The Morgan fingerprint density at radius 3 is 2.20 bits per heavy atom. The van der Waals surface area contributed by atoms with Gasteiger partial charge in [0, 0.05) is 0 Å². The third-order valence-electron chi connectivity index (χ3n) is 1.88. The molecular weight excluding hydrogens is 192 g/mol. The number of carbonyl (C=O) groups excluding carboxylic acids is 1. The van der Waals surface area contributed by atoms with Gasteiger partial charge in [-0.05, 0) is 18.4 Å². The number of hydrogen-bond donors (Lipinski definition) is 0. The maximum absolute atomic E-state index is 11.2. The molecule has 0 spiro atoms. The number of nitrogens with zero attached hydrogens (tertiary/aromatic N) is 2. The fourth-order valence-electron chi connectivity index (χ4n) is 1.12. The van der Waals surface area contributed by atoms with Crippen LogP contribution >= 0.6 is 0 Å². The monoisotopic (exact) mass is 206 g/mol. The fraction of sp³-hybridized carbons (Fsp3) is 0.545. The van der Waals surface area contributed by atoms with E-state index in [1.165, 1.54) is 0 Å². The molecule has 0 amide bonds. The quantitative estimate of drug-likeness (QED) is 0.520. The molecule has 0 aliphatic heterocycles.